The Morgan fingerprint density at radius 1 is 1.11 bits per heavy atom. The Kier molecular flexibility index (Phi) is 6.69. The average molecular weight is 397 g/mol. The van der Waals surface area contributed by atoms with Crippen molar-refractivity contribution in [3.8, 4) is 0 Å². The van der Waals surface area contributed by atoms with Crippen LogP contribution in [0.5, 0.6) is 0 Å². The zero-order valence-electron chi connectivity index (χ0n) is 16.3. The SMILES string of the molecule is CCOC(=O)N1CCN(C(=O)CN(c2cc(C)ccc2C)S(C)(=O)=O)CC1. The molecular weight excluding hydrogens is 370 g/mol. The summed E-state index contributed by atoms with van der Waals surface area (Å²) in [6.45, 7) is 6.91. The fourth-order valence-corrected chi connectivity index (χ4v) is 3.84. The molecule has 0 unspecified atom stereocenters. The maximum atomic E-state index is 12.7. The molecule has 8 nitrogen and oxygen atoms in total. The van der Waals surface area contributed by atoms with Gasteiger partial charge in [-0.25, -0.2) is 13.2 Å². The van der Waals surface area contributed by atoms with Crippen LogP contribution in [0.3, 0.4) is 0 Å². The smallest absolute Gasteiger partial charge is 0.409 e. The number of benzene rings is 1. The summed E-state index contributed by atoms with van der Waals surface area (Å²) in [6.07, 6.45) is 0.707. The third-order valence-corrected chi connectivity index (χ3v) is 5.60. The van der Waals surface area contributed by atoms with Crippen molar-refractivity contribution in [3.63, 3.8) is 0 Å². The Bertz CT molecular complexity index is 801. The van der Waals surface area contributed by atoms with Gasteiger partial charge in [-0.1, -0.05) is 12.1 Å². The molecule has 0 aromatic heterocycles. The van der Waals surface area contributed by atoms with Gasteiger partial charge in [0, 0.05) is 26.2 Å². The normalized spacial score (nSPS) is 14.8. The van der Waals surface area contributed by atoms with Crippen LogP contribution in [0, 0.1) is 13.8 Å². The first-order valence-electron chi connectivity index (χ1n) is 8.88. The van der Waals surface area contributed by atoms with Crippen LogP contribution in [0.4, 0.5) is 10.5 Å². The van der Waals surface area contributed by atoms with E-state index in [0.717, 1.165) is 21.7 Å². The molecule has 1 aromatic rings. The van der Waals surface area contributed by atoms with Crippen LogP contribution < -0.4 is 4.31 Å². The fraction of sp³-hybridized carbons (Fsp3) is 0.556. The van der Waals surface area contributed by atoms with Gasteiger partial charge in [0.1, 0.15) is 6.54 Å². The maximum absolute atomic E-state index is 12.7. The summed E-state index contributed by atoms with van der Waals surface area (Å²) in [4.78, 5) is 27.6. The van der Waals surface area contributed by atoms with Crippen LogP contribution >= 0.6 is 0 Å². The second-order valence-corrected chi connectivity index (χ2v) is 8.53. The number of carbonyl (C=O) groups is 2. The summed E-state index contributed by atoms with van der Waals surface area (Å²) in [5.74, 6) is -0.287. The lowest BCUT2D eigenvalue weighted by atomic mass is 10.1. The molecule has 0 atom stereocenters. The fourth-order valence-electron chi connectivity index (χ4n) is 2.95. The maximum Gasteiger partial charge on any atom is 0.409 e. The van der Waals surface area contributed by atoms with Gasteiger partial charge >= 0.3 is 6.09 Å². The van der Waals surface area contributed by atoms with E-state index in [4.69, 9.17) is 4.74 Å². The number of anilines is 1. The second-order valence-electron chi connectivity index (χ2n) is 6.63. The van der Waals surface area contributed by atoms with Crippen molar-refractivity contribution in [2.45, 2.75) is 20.8 Å². The summed E-state index contributed by atoms with van der Waals surface area (Å²) in [5.41, 5.74) is 2.21. The molecule has 1 aromatic carbocycles. The molecule has 1 fully saturated rings. The van der Waals surface area contributed by atoms with Gasteiger partial charge in [-0.15, -0.1) is 0 Å². The highest BCUT2D eigenvalue weighted by molar-refractivity contribution is 7.92. The van der Waals surface area contributed by atoms with Crippen molar-refractivity contribution in [2.75, 3.05) is 49.9 Å². The summed E-state index contributed by atoms with van der Waals surface area (Å²) < 4.78 is 30.7. The van der Waals surface area contributed by atoms with Gasteiger partial charge in [0.15, 0.2) is 0 Å². The van der Waals surface area contributed by atoms with Crippen LogP contribution in [0.1, 0.15) is 18.1 Å². The first-order valence-corrected chi connectivity index (χ1v) is 10.7. The molecule has 1 saturated heterocycles. The summed E-state index contributed by atoms with van der Waals surface area (Å²) in [6, 6.07) is 5.50. The van der Waals surface area contributed by atoms with Crippen molar-refractivity contribution in [1.29, 1.82) is 0 Å². The van der Waals surface area contributed by atoms with Crippen LogP contribution in [0.15, 0.2) is 18.2 Å². The van der Waals surface area contributed by atoms with Crippen LogP contribution in [0.25, 0.3) is 0 Å². The number of sulfonamides is 1. The van der Waals surface area contributed by atoms with Crippen molar-refractivity contribution in [2.24, 2.45) is 0 Å². The first kappa shape index (κ1) is 21.0. The largest absolute Gasteiger partial charge is 0.450 e. The highest BCUT2D eigenvalue weighted by atomic mass is 32.2. The quantitative estimate of drug-likeness (QED) is 0.749. The van der Waals surface area contributed by atoms with E-state index in [-0.39, 0.29) is 12.5 Å². The lowest BCUT2D eigenvalue weighted by molar-refractivity contribution is -0.131. The lowest BCUT2D eigenvalue weighted by Crippen LogP contribution is -2.53. The summed E-state index contributed by atoms with van der Waals surface area (Å²) >= 11 is 0. The Hall–Kier alpha value is -2.29. The minimum Gasteiger partial charge on any atom is -0.450 e. The predicted molar refractivity (Wildman–Crippen MR) is 103 cm³/mol. The average Bonchev–Trinajstić information content (AvgIpc) is 2.61. The zero-order valence-corrected chi connectivity index (χ0v) is 17.1. The van der Waals surface area contributed by atoms with Crippen molar-refractivity contribution >= 4 is 27.7 Å². The number of amides is 2. The van der Waals surface area contributed by atoms with E-state index in [0.29, 0.717) is 38.5 Å². The molecule has 1 aliphatic rings. The Morgan fingerprint density at radius 2 is 1.70 bits per heavy atom. The number of hydrogen-bond donors (Lipinski definition) is 0. The van der Waals surface area contributed by atoms with E-state index in [1.807, 2.05) is 26.0 Å². The Labute approximate surface area is 160 Å². The van der Waals surface area contributed by atoms with Gasteiger partial charge in [-0.2, -0.15) is 0 Å². The first-order chi connectivity index (χ1) is 12.6. The van der Waals surface area contributed by atoms with E-state index in [1.165, 1.54) is 0 Å². The zero-order chi connectivity index (χ0) is 20.2. The Morgan fingerprint density at radius 3 is 2.26 bits per heavy atom. The molecule has 0 spiro atoms. The Balaban J connectivity index is 2.10. The van der Waals surface area contributed by atoms with Crippen LogP contribution in [-0.4, -0.2) is 75.8 Å². The molecule has 0 bridgehead atoms. The number of piperazine rings is 1. The van der Waals surface area contributed by atoms with Crippen LogP contribution in [-0.2, 0) is 19.6 Å². The highest BCUT2D eigenvalue weighted by Crippen LogP contribution is 2.24. The van der Waals surface area contributed by atoms with Gasteiger partial charge < -0.3 is 14.5 Å². The van der Waals surface area contributed by atoms with Gasteiger partial charge in [-0.05, 0) is 38.0 Å². The number of rotatable bonds is 5. The number of nitrogens with zero attached hydrogens (tertiary/aromatic N) is 3. The van der Waals surface area contributed by atoms with E-state index < -0.39 is 16.1 Å². The summed E-state index contributed by atoms with van der Waals surface area (Å²) in [7, 11) is -3.62. The van der Waals surface area contributed by atoms with Gasteiger partial charge in [-0.3, -0.25) is 9.10 Å². The van der Waals surface area contributed by atoms with Crippen molar-refractivity contribution < 1.29 is 22.7 Å². The molecular formula is C18H27N3O5S. The number of carbonyl (C=O) groups excluding carboxylic acids is 2. The van der Waals surface area contributed by atoms with E-state index in [2.05, 4.69) is 0 Å². The van der Waals surface area contributed by atoms with Gasteiger partial charge in [0.05, 0.1) is 18.6 Å². The molecule has 0 N–H and O–H groups in total. The molecule has 150 valence electrons. The lowest BCUT2D eigenvalue weighted by Gasteiger charge is -2.35. The highest BCUT2D eigenvalue weighted by Gasteiger charge is 2.28. The monoisotopic (exact) mass is 397 g/mol. The van der Waals surface area contributed by atoms with Gasteiger partial charge in [0.25, 0.3) is 0 Å². The van der Waals surface area contributed by atoms with E-state index in [1.54, 1.807) is 22.8 Å². The number of ether oxygens (including phenoxy) is 1. The van der Waals surface area contributed by atoms with Gasteiger partial charge in [0.2, 0.25) is 15.9 Å². The molecule has 0 aliphatic carbocycles. The molecule has 0 saturated carbocycles. The van der Waals surface area contributed by atoms with E-state index in [9.17, 15) is 18.0 Å². The molecule has 1 aliphatic heterocycles. The van der Waals surface area contributed by atoms with Crippen molar-refractivity contribution in [1.82, 2.24) is 9.80 Å². The minimum atomic E-state index is -3.62. The molecule has 2 rings (SSSR count). The van der Waals surface area contributed by atoms with Crippen LogP contribution in [0.2, 0.25) is 0 Å². The standard InChI is InChI=1S/C18H27N3O5S/c1-5-26-18(23)20-10-8-19(9-11-20)17(22)13-21(27(4,24)25)16-12-14(2)6-7-15(16)3/h6-7,12H,5,8-11,13H2,1-4H3. The molecule has 2 amide bonds. The molecule has 9 heteroatoms. The van der Waals surface area contributed by atoms with Crippen molar-refractivity contribution in [3.05, 3.63) is 29.3 Å². The number of aryl methyl sites for hydroxylation is 2. The van der Waals surface area contributed by atoms with E-state index >= 15 is 0 Å². The molecule has 27 heavy (non-hydrogen) atoms. The minimum absolute atomic E-state index is 0.261. The second kappa shape index (κ2) is 8.60. The topological polar surface area (TPSA) is 87.2 Å². The summed E-state index contributed by atoms with van der Waals surface area (Å²) in [5, 5.41) is 0. The number of hydrogen-bond acceptors (Lipinski definition) is 5. The molecule has 0 radical (unpaired) electrons. The predicted octanol–water partition coefficient (Wildman–Crippen LogP) is 1.37. The molecule has 1 heterocycles. The third kappa shape index (κ3) is 5.35. The third-order valence-electron chi connectivity index (χ3n) is 4.47.